The van der Waals surface area contributed by atoms with Crippen molar-refractivity contribution in [3.8, 4) is 0 Å². The highest BCUT2D eigenvalue weighted by molar-refractivity contribution is 6.06. The van der Waals surface area contributed by atoms with Gasteiger partial charge in [-0.25, -0.2) is 4.79 Å². The minimum atomic E-state index is -1.90. The Hall–Kier alpha value is -0.940. The molecule has 10 heavy (non-hydrogen) atoms. The molecule has 0 aliphatic carbocycles. The number of hydrogen-bond acceptors (Lipinski definition) is 4. The molecule has 5 N–H and O–H groups in total. The maximum absolute atomic E-state index is 10.6. The van der Waals surface area contributed by atoms with E-state index in [0.29, 0.717) is 0 Å². The summed E-state index contributed by atoms with van der Waals surface area (Å²) in [5, 5.41) is 8.38. The zero-order valence-corrected chi connectivity index (χ0v) is 5.63. The molecule has 0 bridgehead atoms. The lowest BCUT2D eigenvalue weighted by Crippen LogP contribution is -2.59. The molecule has 5 heteroatoms. The van der Waals surface area contributed by atoms with Crippen LogP contribution < -0.4 is 11.5 Å². The van der Waals surface area contributed by atoms with Crippen molar-refractivity contribution >= 4 is 11.8 Å². The minimum Gasteiger partial charge on any atom is -0.479 e. The van der Waals surface area contributed by atoms with Gasteiger partial charge < -0.3 is 16.6 Å². The highest BCUT2D eigenvalue weighted by Crippen LogP contribution is 1.98. The number of hydrogen-bond donors (Lipinski definition) is 3. The number of carboxylic acid groups (broad SMARTS) is 1. The molecule has 0 aromatic carbocycles. The molecule has 1 unspecified atom stereocenters. The number of carboxylic acids is 1. The molecule has 0 saturated carbocycles. The van der Waals surface area contributed by atoms with E-state index in [4.69, 9.17) is 16.6 Å². The molecule has 0 aliphatic heterocycles. The first-order valence-corrected chi connectivity index (χ1v) is 2.68. The largest absolute Gasteiger partial charge is 0.479 e. The lowest BCUT2D eigenvalue weighted by molar-refractivity contribution is -0.147. The predicted octanol–water partition coefficient (Wildman–Crippen LogP) is -1.68. The molecule has 0 amide bonds. The molecule has 0 spiro atoms. The van der Waals surface area contributed by atoms with Crippen LogP contribution in [0.2, 0.25) is 0 Å². The quantitative estimate of drug-likeness (QED) is 0.412. The van der Waals surface area contributed by atoms with Crippen LogP contribution in [0.4, 0.5) is 0 Å². The highest BCUT2D eigenvalue weighted by atomic mass is 16.4. The van der Waals surface area contributed by atoms with Gasteiger partial charge in [-0.3, -0.25) is 4.79 Å². The molecular weight excluding hydrogens is 136 g/mol. The summed E-state index contributed by atoms with van der Waals surface area (Å²) in [5.41, 5.74) is 8.19. The van der Waals surface area contributed by atoms with E-state index in [1.54, 1.807) is 0 Å². The summed E-state index contributed by atoms with van der Waals surface area (Å²) in [6.07, 6.45) is 0. The molecule has 0 saturated heterocycles. The van der Waals surface area contributed by atoms with Crippen molar-refractivity contribution in [2.45, 2.75) is 12.5 Å². The second-order valence-corrected chi connectivity index (χ2v) is 2.04. The van der Waals surface area contributed by atoms with E-state index >= 15 is 0 Å². The highest BCUT2D eigenvalue weighted by Gasteiger charge is 2.37. The van der Waals surface area contributed by atoms with Gasteiger partial charge in [0.1, 0.15) is 0 Å². The lowest BCUT2D eigenvalue weighted by Gasteiger charge is -2.17. The average molecular weight is 146 g/mol. The van der Waals surface area contributed by atoms with Gasteiger partial charge in [-0.2, -0.15) is 0 Å². The maximum atomic E-state index is 10.6. The normalized spacial score (nSPS) is 15.9. The van der Waals surface area contributed by atoms with Gasteiger partial charge in [-0.15, -0.1) is 0 Å². The number of carbonyl (C=O) groups is 2. The van der Waals surface area contributed by atoms with Crippen molar-refractivity contribution in [3.63, 3.8) is 0 Å². The van der Waals surface area contributed by atoms with Gasteiger partial charge in [-0.05, 0) is 6.92 Å². The monoisotopic (exact) mass is 146 g/mol. The molecule has 0 rings (SSSR count). The van der Waals surface area contributed by atoms with Crippen LogP contribution in [0.25, 0.3) is 0 Å². The molecule has 0 fully saturated rings. The van der Waals surface area contributed by atoms with Crippen molar-refractivity contribution < 1.29 is 14.7 Å². The van der Waals surface area contributed by atoms with Gasteiger partial charge in [0.25, 0.3) is 0 Å². The van der Waals surface area contributed by atoms with Gasteiger partial charge in [0.05, 0.1) is 0 Å². The Morgan fingerprint density at radius 1 is 1.60 bits per heavy atom. The summed E-state index contributed by atoms with van der Waals surface area (Å²) in [4.78, 5) is 20.8. The first kappa shape index (κ1) is 9.06. The molecule has 0 aliphatic rings. The number of rotatable bonds is 3. The lowest BCUT2D eigenvalue weighted by atomic mass is 9.97. The Bertz CT molecular complexity index is 152. The van der Waals surface area contributed by atoms with Gasteiger partial charge in [0, 0.05) is 6.54 Å². The summed E-state index contributed by atoms with van der Waals surface area (Å²) in [7, 11) is 0. The maximum Gasteiger partial charge on any atom is 0.332 e. The Labute approximate surface area is 58.0 Å². The first-order valence-electron chi connectivity index (χ1n) is 2.68. The van der Waals surface area contributed by atoms with Crippen LogP contribution in [-0.2, 0) is 9.59 Å². The molecule has 58 valence electrons. The summed E-state index contributed by atoms with van der Waals surface area (Å²) >= 11 is 0. The SMILES string of the molecule is CC(=O)C(N)(CN)C(=O)O. The number of nitrogens with two attached hydrogens (primary N) is 2. The third kappa shape index (κ3) is 1.31. The van der Waals surface area contributed by atoms with E-state index in [9.17, 15) is 9.59 Å². The Kier molecular flexibility index (Phi) is 2.50. The molecule has 0 radical (unpaired) electrons. The molecule has 0 aromatic heterocycles. The Morgan fingerprint density at radius 2 is 2.00 bits per heavy atom. The first-order chi connectivity index (χ1) is 4.45. The topological polar surface area (TPSA) is 106 Å². The third-order valence-corrected chi connectivity index (χ3v) is 1.33. The molecule has 0 heterocycles. The van der Waals surface area contributed by atoms with E-state index < -0.39 is 17.3 Å². The van der Waals surface area contributed by atoms with Gasteiger partial charge in [0.15, 0.2) is 11.3 Å². The van der Waals surface area contributed by atoms with E-state index in [1.165, 1.54) is 0 Å². The van der Waals surface area contributed by atoms with E-state index in [-0.39, 0.29) is 6.54 Å². The molecule has 0 aromatic rings. The van der Waals surface area contributed by atoms with E-state index in [2.05, 4.69) is 0 Å². The van der Waals surface area contributed by atoms with Crippen LogP contribution in [0.1, 0.15) is 6.92 Å². The van der Waals surface area contributed by atoms with Gasteiger partial charge in [-0.1, -0.05) is 0 Å². The Balaban J connectivity index is 4.55. The fourth-order valence-corrected chi connectivity index (χ4v) is 0.382. The predicted molar refractivity (Wildman–Crippen MR) is 34.3 cm³/mol. The van der Waals surface area contributed by atoms with Crippen LogP contribution in [0, 0.1) is 0 Å². The van der Waals surface area contributed by atoms with Gasteiger partial charge in [0.2, 0.25) is 0 Å². The van der Waals surface area contributed by atoms with Crippen LogP contribution in [0.3, 0.4) is 0 Å². The average Bonchev–Trinajstić information content (AvgIpc) is 1.85. The van der Waals surface area contributed by atoms with Crippen molar-refractivity contribution in [1.29, 1.82) is 0 Å². The van der Waals surface area contributed by atoms with Crippen LogP contribution in [0.5, 0.6) is 0 Å². The van der Waals surface area contributed by atoms with Crippen molar-refractivity contribution in [1.82, 2.24) is 0 Å². The van der Waals surface area contributed by atoms with Gasteiger partial charge >= 0.3 is 5.97 Å². The smallest absolute Gasteiger partial charge is 0.332 e. The molecule has 5 nitrogen and oxygen atoms in total. The number of aliphatic carboxylic acids is 1. The summed E-state index contributed by atoms with van der Waals surface area (Å²) in [6, 6.07) is 0. The van der Waals surface area contributed by atoms with Crippen LogP contribution in [-0.4, -0.2) is 28.9 Å². The van der Waals surface area contributed by atoms with Crippen molar-refractivity contribution in [2.24, 2.45) is 11.5 Å². The van der Waals surface area contributed by atoms with Crippen molar-refractivity contribution in [2.75, 3.05) is 6.54 Å². The summed E-state index contributed by atoms with van der Waals surface area (Å²) in [5.74, 6) is -2.02. The minimum absolute atomic E-state index is 0.377. The second kappa shape index (κ2) is 2.76. The summed E-state index contributed by atoms with van der Waals surface area (Å²) in [6.45, 7) is 0.721. The zero-order valence-electron chi connectivity index (χ0n) is 5.63. The number of ketones is 1. The van der Waals surface area contributed by atoms with Crippen LogP contribution >= 0.6 is 0 Å². The standard InChI is InChI=1S/C5H10N2O3/c1-3(8)5(7,2-6)4(9)10/h2,6-7H2,1H3,(H,9,10). The number of Topliss-reactive ketones (excluding diaryl/α,β-unsaturated/α-hetero) is 1. The van der Waals surface area contributed by atoms with Crippen LogP contribution in [0.15, 0.2) is 0 Å². The second-order valence-electron chi connectivity index (χ2n) is 2.04. The zero-order chi connectivity index (χ0) is 8.36. The van der Waals surface area contributed by atoms with E-state index in [0.717, 1.165) is 6.92 Å². The summed E-state index contributed by atoms with van der Waals surface area (Å²) < 4.78 is 0. The molecular formula is C5H10N2O3. The van der Waals surface area contributed by atoms with E-state index in [1.807, 2.05) is 0 Å². The third-order valence-electron chi connectivity index (χ3n) is 1.33. The fourth-order valence-electron chi connectivity index (χ4n) is 0.382. The molecule has 1 atom stereocenters. The number of carbonyl (C=O) groups excluding carboxylic acids is 1. The fraction of sp³-hybridized carbons (Fsp3) is 0.600. The Morgan fingerprint density at radius 3 is 2.00 bits per heavy atom. The van der Waals surface area contributed by atoms with Crippen molar-refractivity contribution in [3.05, 3.63) is 0 Å².